The van der Waals surface area contributed by atoms with Gasteiger partial charge in [-0.05, 0) is 12.6 Å². The lowest BCUT2D eigenvalue weighted by molar-refractivity contribution is 0.621. The van der Waals surface area contributed by atoms with E-state index in [0.717, 1.165) is 12.7 Å². The fraction of sp³-hybridized carbons (Fsp3) is 0.300. The summed E-state index contributed by atoms with van der Waals surface area (Å²) in [5.74, 6) is 5.32. The van der Waals surface area contributed by atoms with Gasteiger partial charge in [-0.25, -0.2) is 4.39 Å². The van der Waals surface area contributed by atoms with Crippen LogP contribution in [0.15, 0.2) is 18.5 Å². The summed E-state index contributed by atoms with van der Waals surface area (Å²) in [6, 6.07) is 1.37. The highest BCUT2D eigenvalue weighted by atomic mass is 19.1. The van der Waals surface area contributed by atoms with Gasteiger partial charge in [0, 0.05) is 11.8 Å². The van der Waals surface area contributed by atoms with Crippen LogP contribution >= 0.6 is 0 Å². The van der Waals surface area contributed by atoms with E-state index in [0.29, 0.717) is 12.1 Å². The SMILES string of the molecule is CCNCC#Cc1cncc(F)c1. The number of nitrogens with one attached hydrogen (secondary N) is 1. The van der Waals surface area contributed by atoms with Crippen molar-refractivity contribution < 1.29 is 4.39 Å². The van der Waals surface area contributed by atoms with Crippen molar-refractivity contribution in [1.29, 1.82) is 0 Å². The Hall–Kier alpha value is -1.40. The highest BCUT2D eigenvalue weighted by Gasteiger charge is 1.89. The maximum atomic E-state index is 12.6. The first-order chi connectivity index (χ1) is 6.33. The number of halogens is 1. The second kappa shape index (κ2) is 5.28. The van der Waals surface area contributed by atoms with Crippen LogP contribution in [0.25, 0.3) is 0 Å². The maximum Gasteiger partial charge on any atom is 0.142 e. The third-order valence-corrected chi connectivity index (χ3v) is 1.40. The van der Waals surface area contributed by atoms with Crippen LogP contribution in [0.4, 0.5) is 4.39 Å². The van der Waals surface area contributed by atoms with E-state index in [-0.39, 0.29) is 5.82 Å². The van der Waals surface area contributed by atoms with Crippen molar-refractivity contribution in [2.45, 2.75) is 6.92 Å². The van der Waals surface area contributed by atoms with Gasteiger partial charge < -0.3 is 5.32 Å². The molecule has 0 aromatic carbocycles. The van der Waals surface area contributed by atoms with Gasteiger partial charge in [0.2, 0.25) is 0 Å². The molecular formula is C10H11FN2. The predicted octanol–water partition coefficient (Wildman–Crippen LogP) is 1.18. The van der Waals surface area contributed by atoms with Crippen LogP contribution in [-0.4, -0.2) is 18.1 Å². The van der Waals surface area contributed by atoms with Gasteiger partial charge in [0.1, 0.15) is 5.82 Å². The predicted molar refractivity (Wildman–Crippen MR) is 49.6 cm³/mol. The number of rotatable bonds is 2. The summed E-state index contributed by atoms with van der Waals surface area (Å²) in [6.07, 6.45) is 2.71. The minimum absolute atomic E-state index is 0.352. The van der Waals surface area contributed by atoms with E-state index in [2.05, 4.69) is 22.1 Å². The summed E-state index contributed by atoms with van der Waals surface area (Å²) in [4.78, 5) is 3.69. The molecule has 0 bridgehead atoms. The minimum Gasteiger partial charge on any atom is -0.306 e. The zero-order valence-electron chi connectivity index (χ0n) is 7.47. The molecule has 3 heteroatoms. The zero-order valence-corrected chi connectivity index (χ0v) is 7.47. The molecule has 0 atom stereocenters. The van der Waals surface area contributed by atoms with E-state index in [1.165, 1.54) is 6.07 Å². The smallest absolute Gasteiger partial charge is 0.142 e. The molecule has 0 saturated heterocycles. The Labute approximate surface area is 77.2 Å². The molecule has 68 valence electrons. The van der Waals surface area contributed by atoms with E-state index in [4.69, 9.17) is 0 Å². The van der Waals surface area contributed by atoms with Crippen molar-refractivity contribution in [1.82, 2.24) is 10.3 Å². The van der Waals surface area contributed by atoms with Crippen molar-refractivity contribution in [2.24, 2.45) is 0 Å². The lowest BCUT2D eigenvalue weighted by Crippen LogP contribution is -2.11. The van der Waals surface area contributed by atoms with Crippen molar-refractivity contribution in [3.05, 3.63) is 29.8 Å². The first-order valence-corrected chi connectivity index (χ1v) is 4.13. The molecule has 0 saturated carbocycles. The standard InChI is InChI=1S/C10H11FN2/c1-2-12-5-3-4-9-6-10(11)8-13-7-9/h6-8,12H,2,5H2,1H3. The highest BCUT2D eigenvalue weighted by Crippen LogP contribution is 1.97. The fourth-order valence-corrected chi connectivity index (χ4v) is 0.814. The number of pyridine rings is 1. The lowest BCUT2D eigenvalue weighted by Gasteiger charge is -1.90. The van der Waals surface area contributed by atoms with Crippen molar-refractivity contribution in [3.8, 4) is 11.8 Å². The van der Waals surface area contributed by atoms with Crippen LogP contribution in [0.3, 0.4) is 0 Å². The summed E-state index contributed by atoms with van der Waals surface area (Å²) in [7, 11) is 0. The Balaban J connectivity index is 2.56. The van der Waals surface area contributed by atoms with E-state index >= 15 is 0 Å². The minimum atomic E-state index is -0.352. The first kappa shape index (κ1) is 9.69. The molecule has 1 rings (SSSR count). The number of hydrogen-bond donors (Lipinski definition) is 1. The summed E-state index contributed by atoms with van der Waals surface area (Å²) in [5, 5.41) is 3.05. The second-order valence-electron chi connectivity index (χ2n) is 2.47. The fourth-order valence-electron chi connectivity index (χ4n) is 0.814. The lowest BCUT2D eigenvalue weighted by atomic mass is 10.3. The Kier molecular flexibility index (Phi) is 3.94. The number of nitrogens with zero attached hydrogens (tertiary/aromatic N) is 1. The molecule has 1 heterocycles. The van der Waals surface area contributed by atoms with Crippen LogP contribution in [0.1, 0.15) is 12.5 Å². The van der Waals surface area contributed by atoms with Crippen molar-refractivity contribution in [3.63, 3.8) is 0 Å². The topological polar surface area (TPSA) is 24.9 Å². The molecule has 0 unspecified atom stereocenters. The number of aromatic nitrogens is 1. The molecule has 1 aromatic heterocycles. The van der Waals surface area contributed by atoms with Crippen LogP contribution in [0.2, 0.25) is 0 Å². The summed E-state index contributed by atoms with van der Waals surface area (Å²) in [6.45, 7) is 3.51. The van der Waals surface area contributed by atoms with Crippen LogP contribution in [0, 0.1) is 17.7 Å². The van der Waals surface area contributed by atoms with Crippen LogP contribution in [0.5, 0.6) is 0 Å². The molecule has 0 aliphatic carbocycles. The van der Waals surface area contributed by atoms with E-state index in [1.54, 1.807) is 6.20 Å². The molecule has 1 N–H and O–H groups in total. The molecular weight excluding hydrogens is 167 g/mol. The molecule has 1 aromatic rings. The van der Waals surface area contributed by atoms with Crippen molar-refractivity contribution in [2.75, 3.05) is 13.1 Å². The van der Waals surface area contributed by atoms with Gasteiger partial charge in [0.25, 0.3) is 0 Å². The van der Waals surface area contributed by atoms with E-state index < -0.39 is 0 Å². The zero-order chi connectivity index (χ0) is 9.52. The monoisotopic (exact) mass is 178 g/mol. The average molecular weight is 178 g/mol. The van der Waals surface area contributed by atoms with Gasteiger partial charge in [-0.15, -0.1) is 0 Å². The maximum absolute atomic E-state index is 12.6. The normalized spacial score (nSPS) is 9.08. The van der Waals surface area contributed by atoms with Crippen molar-refractivity contribution >= 4 is 0 Å². The van der Waals surface area contributed by atoms with Gasteiger partial charge >= 0.3 is 0 Å². The van der Waals surface area contributed by atoms with Gasteiger partial charge in [-0.3, -0.25) is 4.98 Å². The van der Waals surface area contributed by atoms with E-state index in [9.17, 15) is 4.39 Å². The Bertz CT molecular complexity index is 325. The summed E-state index contributed by atoms with van der Waals surface area (Å²) < 4.78 is 12.6. The average Bonchev–Trinajstić information content (AvgIpc) is 2.13. The largest absolute Gasteiger partial charge is 0.306 e. The molecule has 13 heavy (non-hydrogen) atoms. The molecule has 0 fully saturated rings. The van der Waals surface area contributed by atoms with Gasteiger partial charge in [-0.1, -0.05) is 18.8 Å². The second-order valence-corrected chi connectivity index (χ2v) is 2.47. The molecule has 0 aliphatic heterocycles. The summed E-state index contributed by atoms with van der Waals surface area (Å²) >= 11 is 0. The van der Waals surface area contributed by atoms with Gasteiger partial charge in [0.05, 0.1) is 12.7 Å². The number of hydrogen-bond acceptors (Lipinski definition) is 2. The Morgan fingerprint density at radius 2 is 2.38 bits per heavy atom. The van der Waals surface area contributed by atoms with Crippen LogP contribution < -0.4 is 5.32 Å². The third kappa shape index (κ3) is 3.68. The third-order valence-electron chi connectivity index (χ3n) is 1.40. The first-order valence-electron chi connectivity index (χ1n) is 4.13. The molecule has 0 spiro atoms. The van der Waals surface area contributed by atoms with Gasteiger partial charge in [-0.2, -0.15) is 0 Å². The Morgan fingerprint density at radius 3 is 3.08 bits per heavy atom. The quantitative estimate of drug-likeness (QED) is 0.543. The Morgan fingerprint density at radius 1 is 1.54 bits per heavy atom. The molecule has 0 radical (unpaired) electrons. The molecule has 0 amide bonds. The van der Waals surface area contributed by atoms with Crippen LogP contribution in [-0.2, 0) is 0 Å². The summed E-state index contributed by atoms with van der Waals surface area (Å²) in [5.41, 5.74) is 0.609. The van der Waals surface area contributed by atoms with E-state index in [1.807, 2.05) is 6.92 Å². The molecule has 0 aliphatic rings. The van der Waals surface area contributed by atoms with Gasteiger partial charge in [0.15, 0.2) is 0 Å². The molecule has 2 nitrogen and oxygen atoms in total. The highest BCUT2D eigenvalue weighted by molar-refractivity contribution is 5.31.